The zero-order valence-corrected chi connectivity index (χ0v) is 12.4. The Labute approximate surface area is 129 Å². The third-order valence-electron chi connectivity index (χ3n) is 3.55. The van der Waals surface area contributed by atoms with Gasteiger partial charge in [-0.2, -0.15) is 0 Å². The van der Waals surface area contributed by atoms with Crippen LogP contribution in [0.4, 0.5) is 11.5 Å². The normalized spacial score (nSPS) is 18.0. The Kier molecular flexibility index (Phi) is 4.29. The number of carbonyl (C=O) groups is 1. The minimum Gasteiger partial charge on any atom is -0.377 e. The molecule has 1 N–H and O–H groups in total. The summed E-state index contributed by atoms with van der Waals surface area (Å²) in [5.41, 5.74) is 0.954. The number of para-hydroxylation sites is 1. The van der Waals surface area contributed by atoms with Crippen molar-refractivity contribution in [3.8, 4) is 0 Å². The van der Waals surface area contributed by atoms with Gasteiger partial charge in [-0.3, -0.25) is 4.79 Å². The molecule has 0 radical (unpaired) electrons. The molecule has 22 heavy (non-hydrogen) atoms. The lowest BCUT2D eigenvalue weighted by atomic mass is 10.2. The summed E-state index contributed by atoms with van der Waals surface area (Å²) in [6.45, 7) is 3.11. The van der Waals surface area contributed by atoms with Crippen molar-refractivity contribution in [1.82, 2.24) is 14.9 Å². The van der Waals surface area contributed by atoms with Crippen LogP contribution in [-0.4, -0.2) is 40.5 Å². The first-order valence-corrected chi connectivity index (χ1v) is 7.24. The maximum absolute atomic E-state index is 11.8. The van der Waals surface area contributed by atoms with E-state index in [4.69, 9.17) is 4.74 Å². The van der Waals surface area contributed by atoms with Crippen molar-refractivity contribution in [1.29, 1.82) is 0 Å². The first-order chi connectivity index (χ1) is 10.7. The highest BCUT2D eigenvalue weighted by molar-refractivity contribution is 5.73. The Morgan fingerprint density at radius 2 is 2.14 bits per heavy atom. The Morgan fingerprint density at radius 3 is 2.91 bits per heavy atom. The lowest BCUT2D eigenvalue weighted by Crippen LogP contribution is -2.43. The second-order valence-corrected chi connectivity index (χ2v) is 5.09. The van der Waals surface area contributed by atoms with Gasteiger partial charge < -0.3 is 15.0 Å². The maximum atomic E-state index is 11.8. The molecule has 1 saturated heterocycles. The lowest BCUT2D eigenvalue weighted by molar-refractivity contribution is -0.138. The van der Waals surface area contributed by atoms with Gasteiger partial charge in [-0.25, -0.2) is 9.97 Å². The molecule has 1 fully saturated rings. The number of nitrogens with zero attached hydrogens (tertiary/aromatic N) is 3. The van der Waals surface area contributed by atoms with Gasteiger partial charge in [0.15, 0.2) is 5.82 Å². The number of amides is 1. The predicted molar refractivity (Wildman–Crippen MR) is 82.7 cm³/mol. The van der Waals surface area contributed by atoms with Crippen LogP contribution in [0.1, 0.15) is 18.8 Å². The molecule has 0 unspecified atom stereocenters. The molecule has 3 rings (SSSR count). The van der Waals surface area contributed by atoms with Crippen molar-refractivity contribution in [2.75, 3.05) is 25.1 Å². The van der Waals surface area contributed by atoms with E-state index in [1.807, 2.05) is 30.3 Å². The number of morpholine rings is 1. The molecule has 1 aromatic carbocycles. The van der Waals surface area contributed by atoms with Gasteiger partial charge in [0.2, 0.25) is 5.91 Å². The molecule has 6 nitrogen and oxygen atoms in total. The van der Waals surface area contributed by atoms with Crippen LogP contribution in [0.25, 0.3) is 0 Å². The third kappa shape index (κ3) is 3.23. The second-order valence-electron chi connectivity index (χ2n) is 5.09. The van der Waals surface area contributed by atoms with E-state index >= 15 is 0 Å². The number of rotatable bonds is 3. The molecule has 0 saturated carbocycles. The van der Waals surface area contributed by atoms with E-state index in [2.05, 4.69) is 15.3 Å². The number of hydrogen-bond donors (Lipinski definition) is 1. The molecule has 114 valence electrons. The molecule has 1 atom stereocenters. The first kappa shape index (κ1) is 14.5. The van der Waals surface area contributed by atoms with Crippen LogP contribution in [-0.2, 0) is 9.53 Å². The van der Waals surface area contributed by atoms with Crippen LogP contribution in [0.15, 0.2) is 42.6 Å². The third-order valence-corrected chi connectivity index (χ3v) is 3.55. The maximum Gasteiger partial charge on any atom is 0.220 e. The number of anilines is 2. The number of aromatic nitrogens is 2. The number of nitrogens with one attached hydrogen (secondary N) is 1. The van der Waals surface area contributed by atoms with Crippen molar-refractivity contribution in [2.24, 2.45) is 0 Å². The van der Waals surface area contributed by atoms with Crippen LogP contribution in [0.5, 0.6) is 0 Å². The summed E-state index contributed by atoms with van der Waals surface area (Å²) in [7, 11) is 0. The first-order valence-electron chi connectivity index (χ1n) is 7.24. The Hall–Kier alpha value is -2.47. The zero-order valence-electron chi connectivity index (χ0n) is 12.4. The van der Waals surface area contributed by atoms with Crippen LogP contribution >= 0.6 is 0 Å². The smallest absolute Gasteiger partial charge is 0.220 e. The summed E-state index contributed by atoms with van der Waals surface area (Å²) >= 11 is 0. The van der Waals surface area contributed by atoms with Crippen molar-refractivity contribution in [3.63, 3.8) is 0 Å². The molecule has 0 bridgehead atoms. The standard InChI is InChI=1S/C16H18N4O2/c1-12(21)20-9-10-22-11-14(20)16-17-8-7-15(19-16)18-13-5-3-2-4-6-13/h2-8,14H,9-11H2,1H3,(H,17,18,19)/t14-/m0/s1. The van der Waals surface area contributed by atoms with Crippen LogP contribution in [0.3, 0.4) is 0 Å². The van der Waals surface area contributed by atoms with Gasteiger partial charge >= 0.3 is 0 Å². The minimum atomic E-state index is -0.233. The van der Waals surface area contributed by atoms with Crippen molar-refractivity contribution in [3.05, 3.63) is 48.4 Å². The summed E-state index contributed by atoms with van der Waals surface area (Å²) in [6.07, 6.45) is 1.69. The van der Waals surface area contributed by atoms with Gasteiger partial charge in [0, 0.05) is 25.4 Å². The Morgan fingerprint density at radius 1 is 1.32 bits per heavy atom. The van der Waals surface area contributed by atoms with E-state index in [1.165, 1.54) is 0 Å². The van der Waals surface area contributed by atoms with Crippen molar-refractivity contribution >= 4 is 17.4 Å². The highest BCUT2D eigenvalue weighted by Crippen LogP contribution is 2.23. The van der Waals surface area contributed by atoms with Gasteiger partial charge in [-0.15, -0.1) is 0 Å². The van der Waals surface area contributed by atoms with E-state index in [-0.39, 0.29) is 11.9 Å². The molecule has 0 aliphatic carbocycles. The average Bonchev–Trinajstić information content (AvgIpc) is 2.56. The van der Waals surface area contributed by atoms with Crippen molar-refractivity contribution in [2.45, 2.75) is 13.0 Å². The van der Waals surface area contributed by atoms with Crippen LogP contribution < -0.4 is 5.32 Å². The van der Waals surface area contributed by atoms with Crippen LogP contribution in [0.2, 0.25) is 0 Å². The summed E-state index contributed by atoms with van der Waals surface area (Å²) in [5, 5.41) is 3.23. The van der Waals surface area contributed by atoms with E-state index < -0.39 is 0 Å². The fraction of sp³-hybridized carbons (Fsp3) is 0.312. The fourth-order valence-electron chi connectivity index (χ4n) is 2.47. The van der Waals surface area contributed by atoms with Gasteiger partial charge in [-0.1, -0.05) is 18.2 Å². The quantitative estimate of drug-likeness (QED) is 0.940. The molecule has 6 heteroatoms. The van der Waals surface area contributed by atoms with E-state index in [9.17, 15) is 4.79 Å². The number of ether oxygens (including phenoxy) is 1. The molecular weight excluding hydrogens is 280 g/mol. The largest absolute Gasteiger partial charge is 0.377 e. The molecular formula is C16H18N4O2. The van der Waals surface area contributed by atoms with Gasteiger partial charge in [0.25, 0.3) is 0 Å². The molecule has 1 amide bonds. The monoisotopic (exact) mass is 298 g/mol. The van der Waals surface area contributed by atoms with Gasteiger partial charge in [0.1, 0.15) is 11.9 Å². The fourth-order valence-corrected chi connectivity index (χ4v) is 2.47. The Balaban J connectivity index is 1.82. The molecule has 0 spiro atoms. The average molecular weight is 298 g/mol. The molecule has 1 aliphatic heterocycles. The number of benzene rings is 1. The number of hydrogen-bond acceptors (Lipinski definition) is 5. The zero-order chi connectivity index (χ0) is 15.4. The molecule has 2 heterocycles. The Bertz CT molecular complexity index is 648. The summed E-state index contributed by atoms with van der Waals surface area (Å²) < 4.78 is 5.48. The van der Waals surface area contributed by atoms with E-state index in [0.717, 1.165) is 5.69 Å². The van der Waals surface area contributed by atoms with Crippen molar-refractivity contribution < 1.29 is 9.53 Å². The lowest BCUT2D eigenvalue weighted by Gasteiger charge is -2.33. The van der Waals surface area contributed by atoms with Gasteiger partial charge in [0.05, 0.1) is 13.2 Å². The highest BCUT2D eigenvalue weighted by atomic mass is 16.5. The van der Waals surface area contributed by atoms with E-state index in [0.29, 0.717) is 31.4 Å². The second kappa shape index (κ2) is 6.53. The van der Waals surface area contributed by atoms with E-state index in [1.54, 1.807) is 24.1 Å². The van der Waals surface area contributed by atoms with Crippen LogP contribution in [0, 0.1) is 0 Å². The molecule has 1 aliphatic rings. The SMILES string of the molecule is CC(=O)N1CCOC[C@H]1c1nccc(Nc2ccccc2)n1. The minimum absolute atomic E-state index is 0.0123. The summed E-state index contributed by atoms with van der Waals surface area (Å²) in [4.78, 5) is 22.4. The number of carbonyl (C=O) groups excluding carboxylic acids is 1. The highest BCUT2D eigenvalue weighted by Gasteiger charge is 2.28. The molecule has 1 aromatic heterocycles. The summed E-state index contributed by atoms with van der Waals surface area (Å²) in [5.74, 6) is 1.31. The predicted octanol–water partition coefficient (Wildman–Crippen LogP) is 2.14. The van der Waals surface area contributed by atoms with Gasteiger partial charge in [-0.05, 0) is 18.2 Å². The molecule has 2 aromatic rings. The summed E-state index contributed by atoms with van der Waals surface area (Å²) in [6, 6.07) is 11.4. The topological polar surface area (TPSA) is 67.4 Å².